The van der Waals surface area contributed by atoms with Gasteiger partial charge in [-0.15, -0.1) is 0 Å². The molecular weight excluding hydrogens is 148 g/mol. The lowest BCUT2D eigenvalue weighted by Crippen LogP contribution is -2.35. The van der Waals surface area contributed by atoms with Crippen molar-refractivity contribution in [1.82, 2.24) is 10.9 Å². The second-order valence-electron chi connectivity index (χ2n) is 4.89. The molecule has 1 heterocycles. The average Bonchev–Trinajstić information content (AvgIpc) is 2.34. The number of hydrogen-bond acceptors (Lipinski definition) is 2. The number of rotatable bonds is 2. The van der Waals surface area contributed by atoms with Crippen LogP contribution >= 0.6 is 0 Å². The molecule has 0 bridgehead atoms. The van der Waals surface area contributed by atoms with E-state index in [-0.39, 0.29) is 0 Å². The van der Waals surface area contributed by atoms with Crippen molar-refractivity contribution in [2.45, 2.75) is 46.6 Å². The van der Waals surface area contributed by atoms with Gasteiger partial charge in [0.05, 0.1) is 0 Å². The Hall–Kier alpha value is -0.0800. The first-order chi connectivity index (χ1) is 5.55. The highest BCUT2D eigenvalue weighted by molar-refractivity contribution is 4.89. The van der Waals surface area contributed by atoms with E-state index in [1.54, 1.807) is 0 Å². The Balaban J connectivity index is 2.52. The summed E-state index contributed by atoms with van der Waals surface area (Å²) in [5, 5.41) is 0. The van der Waals surface area contributed by atoms with Gasteiger partial charge in [0, 0.05) is 12.6 Å². The predicted octanol–water partition coefficient (Wildman–Crippen LogP) is 1.93. The highest BCUT2D eigenvalue weighted by Crippen LogP contribution is 2.31. The summed E-state index contributed by atoms with van der Waals surface area (Å²) in [4.78, 5) is 0. The van der Waals surface area contributed by atoms with Crippen molar-refractivity contribution in [3.05, 3.63) is 0 Å². The van der Waals surface area contributed by atoms with E-state index in [9.17, 15) is 0 Å². The van der Waals surface area contributed by atoms with Gasteiger partial charge in [0.25, 0.3) is 0 Å². The summed E-state index contributed by atoms with van der Waals surface area (Å²) in [7, 11) is 0. The third-order valence-corrected chi connectivity index (χ3v) is 2.81. The summed E-state index contributed by atoms with van der Waals surface area (Å²) in [5.41, 5.74) is 7.05. The van der Waals surface area contributed by atoms with Crippen molar-refractivity contribution < 1.29 is 0 Å². The molecule has 2 heteroatoms. The van der Waals surface area contributed by atoms with Crippen LogP contribution in [0.25, 0.3) is 0 Å². The molecule has 2 unspecified atom stereocenters. The summed E-state index contributed by atoms with van der Waals surface area (Å²) in [6.45, 7) is 10.4. The molecule has 1 rings (SSSR count). The Bertz CT molecular complexity index is 137. The molecule has 0 aliphatic carbocycles. The molecule has 1 saturated heterocycles. The zero-order chi connectivity index (χ0) is 9.19. The molecule has 12 heavy (non-hydrogen) atoms. The third kappa shape index (κ3) is 2.20. The fourth-order valence-corrected chi connectivity index (χ4v) is 2.04. The standard InChI is InChI=1S/C10H22N2/c1-5-6-9-8(7-11-12-9)10(2,3)4/h8-9,11-12H,5-7H2,1-4H3. The maximum atomic E-state index is 3.36. The summed E-state index contributed by atoms with van der Waals surface area (Å²) in [6.07, 6.45) is 2.56. The highest BCUT2D eigenvalue weighted by Gasteiger charge is 2.34. The van der Waals surface area contributed by atoms with Crippen LogP contribution < -0.4 is 10.9 Å². The van der Waals surface area contributed by atoms with Crippen LogP contribution in [0.3, 0.4) is 0 Å². The molecule has 2 nitrogen and oxygen atoms in total. The van der Waals surface area contributed by atoms with E-state index in [4.69, 9.17) is 0 Å². The van der Waals surface area contributed by atoms with Gasteiger partial charge in [0.2, 0.25) is 0 Å². The van der Waals surface area contributed by atoms with Gasteiger partial charge in [-0.3, -0.25) is 10.9 Å². The van der Waals surface area contributed by atoms with Gasteiger partial charge in [0.15, 0.2) is 0 Å². The summed E-state index contributed by atoms with van der Waals surface area (Å²) >= 11 is 0. The first-order valence-electron chi connectivity index (χ1n) is 5.04. The minimum atomic E-state index is 0.427. The molecule has 2 N–H and O–H groups in total. The predicted molar refractivity (Wildman–Crippen MR) is 52.8 cm³/mol. The van der Waals surface area contributed by atoms with Gasteiger partial charge in [-0.1, -0.05) is 34.1 Å². The van der Waals surface area contributed by atoms with Crippen LogP contribution in [-0.4, -0.2) is 12.6 Å². The van der Waals surface area contributed by atoms with Gasteiger partial charge in [0.1, 0.15) is 0 Å². The van der Waals surface area contributed by atoms with E-state index in [2.05, 4.69) is 38.5 Å². The minimum absolute atomic E-state index is 0.427. The van der Waals surface area contributed by atoms with E-state index in [0.29, 0.717) is 11.5 Å². The maximum absolute atomic E-state index is 3.36. The van der Waals surface area contributed by atoms with Crippen molar-refractivity contribution in [2.24, 2.45) is 11.3 Å². The first-order valence-corrected chi connectivity index (χ1v) is 5.04. The smallest absolute Gasteiger partial charge is 0.0258 e. The number of hydrazine groups is 1. The van der Waals surface area contributed by atoms with E-state index >= 15 is 0 Å². The fourth-order valence-electron chi connectivity index (χ4n) is 2.04. The Morgan fingerprint density at radius 3 is 2.50 bits per heavy atom. The van der Waals surface area contributed by atoms with Crippen molar-refractivity contribution in [1.29, 1.82) is 0 Å². The summed E-state index contributed by atoms with van der Waals surface area (Å²) < 4.78 is 0. The average molecular weight is 170 g/mol. The summed E-state index contributed by atoms with van der Waals surface area (Å²) in [5.74, 6) is 0.775. The molecule has 0 aromatic heterocycles. The van der Waals surface area contributed by atoms with Crippen LogP contribution in [-0.2, 0) is 0 Å². The number of nitrogens with one attached hydrogen (secondary N) is 2. The second kappa shape index (κ2) is 3.75. The first kappa shape index (κ1) is 10.0. The molecule has 1 aliphatic heterocycles. The quantitative estimate of drug-likeness (QED) is 0.661. The zero-order valence-electron chi connectivity index (χ0n) is 8.78. The lowest BCUT2D eigenvalue weighted by atomic mass is 9.76. The van der Waals surface area contributed by atoms with Crippen molar-refractivity contribution >= 4 is 0 Å². The molecule has 0 aromatic rings. The Morgan fingerprint density at radius 2 is 2.00 bits per heavy atom. The van der Waals surface area contributed by atoms with Gasteiger partial charge in [-0.2, -0.15) is 0 Å². The molecular formula is C10H22N2. The van der Waals surface area contributed by atoms with Crippen LogP contribution in [0.4, 0.5) is 0 Å². The monoisotopic (exact) mass is 170 g/mol. The Morgan fingerprint density at radius 1 is 1.33 bits per heavy atom. The zero-order valence-corrected chi connectivity index (χ0v) is 8.78. The largest absolute Gasteiger partial charge is 0.257 e. The highest BCUT2D eigenvalue weighted by atomic mass is 15.4. The molecule has 2 atom stereocenters. The molecule has 0 saturated carbocycles. The SMILES string of the molecule is CCCC1NNCC1C(C)(C)C. The van der Waals surface area contributed by atoms with E-state index in [1.165, 1.54) is 12.8 Å². The molecule has 0 amide bonds. The van der Waals surface area contributed by atoms with Gasteiger partial charge in [-0.05, 0) is 17.8 Å². The molecule has 0 aromatic carbocycles. The van der Waals surface area contributed by atoms with Crippen molar-refractivity contribution in [2.75, 3.05) is 6.54 Å². The van der Waals surface area contributed by atoms with Gasteiger partial charge < -0.3 is 0 Å². The van der Waals surface area contributed by atoms with Crippen LogP contribution in [0.15, 0.2) is 0 Å². The third-order valence-electron chi connectivity index (χ3n) is 2.81. The van der Waals surface area contributed by atoms with Crippen LogP contribution in [0.5, 0.6) is 0 Å². The lowest BCUT2D eigenvalue weighted by Gasteiger charge is -2.30. The molecule has 1 fully saturated rings. The van der Waals surface area contributed by atoms with Crippen molar-refractivity contribution in [3.8, 4) is 0 Å². The molecule has 0 radical (unpaired) electrons. The molecule has 1 aliphatic rings. The Kier molecular flexibility index (Phi) is 3.13. The minimum Gasteiger partial charge on any atom is -0.257 e. The Labute approximate surface area is 76.1 Å². The van der Waals surface area contributed by atoms with Crippen molar-refractivity contribution in [3.63, 3.8) is 0 Å². The topological polar surface area (TPSA) is 24.1 Å². The van der Waals surface area contributed by atoms with Crippen LogP contribution in [0, 0.1) is 11.3 Å². The molecule has 72 valence electrons. The summed E-state index contributed by atoms with van der Waals surface area (Å²) in [6, 6.07) is 0.676. The fraction of sp³-hybridized carbons (Fsp3) is 1.00. The van der Waals surface area contributed by atoms with E-state index in [1.807, 2.05) is 0 Å². The van der Waals surface area contributed by atoms with Crippen LogP contribution in [0.2, 0.25) is 0 Å². The van der Waals surface area contributed by atoms with E-state index in [0.717, 1.165) is 12.5 Å². The second-order valence-corrected chi connectivity index (χ2v) is 4.89. The van der Waals surface area contributed by atoms with Gasteiger partial charge in [-0.25, -0.2) is 0 Å². The van der Waals surface area contributed by atoms with Gasteiger partial charge >= 0.3 is 0 Å². The normalized spacial score (nSPS) is 31.0. The maximum Gasteiger partial charge on any atom is 0.0258 e. The van der Waals surface area contributed by atoms with E-state index < -0.39 is 0 Å². The van der Waals surface area contributed by atoms with Crippen LogP contribution in [0.1, 0.15) is 40.5 Å². The lowest BCUT2D eigenvalue weighted by molar-refractivity contribution is 0.222. The molecule has 0 spiro atoms. The number of hydrogen-bond donors (Lipinski definition) is 2.